The van der Waals surface area contributed by atoms with Gasteiger partial charge < -0.3 is 10.2 Å². The van der Waals surface area contributed by atoms with Crippen molar-refractivity contribution in [2.24, 2.45) is 0 Å². The molecule has 108 valence electrons. The molecule has 0 spiro atoms. The number of carbonyl (C=O) groups excluding carboxylic acids is 1. The largest absolute Gasteiger partial charge is 0.505 e. The zero-order valence-corrected chi connectivity index (χ0v) is 10.7. The molecule has 0 amide bonds. The van der Waals surface area contributed by atoms with Crippen LogP contribution < -0.4 is 0 Å². The van der Waals surface area contributed by atoms with E-state index < -0.39 is 17.5 Å². The van der Waals surface area contributed by atoms with Gasteiger partial charge in [0.2, 0.25) is 0 Å². The summed E-state index contributed by atoms with van der Waals surface area (Å²) in [4.78, 5) is 21.3. The molecule has 1 aromatic heterocycles. The lowest BCUT2D eigenvalue weighted by molar-refractivity contribution is -0.146. The van der Waals surface area contributed by atoms with Gasteiger partial charge in [0.1, 0.15) is 17.3 Å². The fourth-order valence-corrected chi connectivity index (χ4v) is 1.65. The van der Waals surface area contributed by atoms with Crippen molar-refractivity contribution in [1.29, 1.82) is 0 Å². The summed E-state index contributed by atoms with van der Waals surface area (Å²) < 4.78 is 14.9. The summed E-state index contributed by atoms with van der Waals surface area (Å²) in [5, 5.41) is 22.0. The van der Waals surface area contributed by atoms with E-state index in [0.717, 1.165) is 0 Å². The van der Waals surface area contributed by atoms with Crippen LogP contribution in [0.25, 0.3) is 5.76 Å². The van der Waals surface area contributed by atoms with Crippen molar-refractivity contribution in [2.75, 3.05) is 0 Å². The number of hydrogen-bond acceptors (Lipinski definition) is 4. The number of carbonyl (C=O) groups is 2. The predicted molar refractivity (Wildman–Crippen MR) is 71.0 cm³/mol. The summed E-state index contributed by atoms with van der Waals surface area (Å²) in [6.07, 6.45) is 2.05. The average Bonchev–Trinajstić information content (AvgIpc) is 2.90. The molecule has 0 aliphatic rings. The lowest BCUT2D eigenvalue weighted by atomic mass is 10.2. The number of ketones is 1. The molecule has 0 bridgehead atoms. The van der Waals surface area contributed by atoms with Gasteiger partial charge in [0.25, 0.3) is 5.78 Å². The Hall–Kier alpha value is -2.96. The summed E-state index contributed by atoms with van der Waals surface area (Å²) in [6, 6.07) is 7.57. The molecule has 0 aliphatic heterocycles. The van der Waals surface area contributed by atoms with Gasteiger partial charge in [-0.15, -0.1) is 0 Å². The Kier molecular flexibility index (Phi) is 4.13. The van der Waals surface area contributed by atoms with E-state index in [-0.39, 0.29) is 18.1 Å². The SMILES string of the molecule is O=C(O)C(=O)C=C(O)c1ccn(Cc2ccccc2F)n1. The molecule has 0 radical (unpaired) electrons. The topological polar surface area (TPSA) is 92.4 Å². The maximum Gasteiger partial charge on any atom is 0.376 e. The first-order chi connectivity index (χ1) is 9.97. The van der Waals surface area contributed by atoms with Gasteiger partial charge in [-0.2, -0.15) is 5.10 Å². The van der Waals surface area contributed by atoms with Crippen molar-refractivity contribution in [3.8, 4) is 0 Å². The van der Waals surface area contributed by atoms with E-state index in [9.17, 15) is 19.1 Å². The van der Waals surface area contributed by atoms with E-state index in [1.165, 1.54) is 23.0 Å². The normalized spacial score (nSPS) is 11.4. The minimum Gasteiger partial charge on any atom is -0.505 e. The van der Waals surface area contributed by atoms with Crippen molar-refractivity contribution in [3.63, 3.8) is 0 Å². The molecule has 7 heteroatoms. The van der Waals surface area contributed by atoms with Gasteiger partial charge in [-0.1, -0.05) is 18.2 Å². The van der Waals surface area contributed by atoms with Crippen LogP contribution in [0, 0.1) is 5.82 Å². The van der Waals surface area contributed by atoms with Gasteiger partial charge in [-0.3, -0.25) is 9.48 Å². The Bertz CT molecular complexity index is 721. The number of carboxylic acids is 1. The number of hydrogen-bond donors (Lipinski definition) is 2. The highest BCUT2D eigenvalue weighted by molar-refractivity contribution is 6.38. The molecule has 6 nitrogen and oxygen atoms in total. The van der Waals surface area contributed by atoms with Gasteiger partial charge in [-0.05, 0) is 12.1 Å². The maximum absolute atomic E-state index is 13.5. The summed E-state index contributed by atoms with van der Waals surface area (Å²) in [6.45, 7) is 0.146. The lowest BCUT2D eigenvalue weighted by Crippen LogP contribution is -2.09. The Balaban J connectivity index is 2.17. The number of nitrogens with zero attached hydrogens (tertiary/aromatic N) is 2. The molecule has 2 aromatic rings. The van der Waals surface area contributed by atoms with Crippen LogP contribution in [0.4, 0.5) is 4.39 Å². The van der Waals surface area contributed by atoms with Crippen LogP contribution in [0.15, 0.2) is 42.6 Å². The quantitative estimate of drug-likeness (QED) is 0.496. The fraction of sp³-hybridized carbons (Fsp3) is 0.0714. The van der Waals surface area contributed by atoms with Gasteiger partial charge in [0, 0.05) is 17.8 Å². The summed E-state index contributed by atoms with van der Waals surface area (Å²) in [7, 11) is 0. The highest BCUT2D eigenvalue weighted by atomic mass is 19.1. The standard InChI is InChI=1S/C14H11FN2O4/c15-10-4-2-1-3-9(10)8-17-6-5-11(16-17)12(18)7-13(19)14(20)21/h1-7,18H,8H2,(H,20,21). The Morgan fingerprint density at radius 1 is 1.24 bits per heavy atom. The molecule has 21 heavy (non-hydrogen) atoms. The summed E-state index contributed by atoms with van der Waals surface area (Å²) >= 11 is 0. The second-order valence-electron chi connectivity index (χ2n) is 4.19. The van der Waals surface area contributed by atoms with E-state index in [2.05, 4.69) is 5.10 Å². The zero-order valence-electron chi connectivity index (χ0n) is 10.7. The molecular weight excluding hydrogens is 279 g/mol. The number of halogens is 1. The number of aliphatic carboxylic acids is 1. The first-order valence-electron chi connectivity index (χ1n) is 5.92. The average molecular weight is 290 g/mol. The molecule has 0 atom stereocenters. The van der Waals surface area contributed by atoms with E-state index in [0.29, 0.717) is 11.6 Å². The van der Waals surface area contributed by atoms with E-state index in [1.54, 1.807) is 18.2 Å². The molecular formula is C14H11FN2O4. The molecule has 2 rings (SSSR count). The van der Waals surface area contributed by atoms with Gasteiger partial charge in [0.05, 0.1) is 6.54 Å². The third kappa shape index (κ3) is 3.53. The highest BCUT2D eigenvalue weighted by Crippen LogP contribution is 2.11. The molecule has 0 saturated carbocycles. The van der Waals surface area contributed by atoms with Gasteiger partial charge in [-0.25, -0.2) is 9.18 Å². The third-order valence-electron chi connectivity index (χ3n) is 2.67. The molecule has 1 aromatic carbocycles. The maximum atomic E-state index is 13.5. The van der Waals surface area contributed by atoms with E-state index in [1.807, 2.05) is 0 Å². The Morgan fingerprint density at radius 2 is 1.95 bits per heavy atom. The van der Waals surface area contributed by atoms with E-state index in [4.69, 9.17) is 5.11 Å². The summed E-state index contributed by atoms with van der Waals surface area (Å²) in [5.74, 6) is -3.87. The predicted octanol–water partition coefficient (Wildman–Crippen LogP) is 1.62. The molecule has 0 fully saturated rings. The first kappa shape index (κ1) is 14.4. The second kappa shape index (κ2) is 6.00. The van der Waals surface area contributed by atoms with Crippen molar-refractivity contribution in [1.82, 2.24) is 9.78 Å². The molecule has 1 heterocycles. The zero-order chi connectivity index (χ0) is 15.4. The van der Waals surface area contributed by atoms with Crippen LogP contribution in [0.5, 0.6) is 0 Å². The van der Waals surface area contributed by atoms with Crippen molar-refractivity contribution in [3.05, 3.63) is 59.7 Å². The number of benzene rings is 1. The van der Waals surface area contributed by atoms with Crippen LogP contribution in [0.1, 0.15) is 11.3 Å². The fourth-order valence-electron chi connectivity index (χ4n) is 1.65. The second-order valence-corrected chi connectivity index (χ2v) is 4.19. The van der Waals surface area contributed by atoms with Crippen LogP contribution >= 0.6 is 0 Å². The first-order valence-corrected chi connectivity index (χ1v) is 5.92. The molecule has 2 N–H and O–H groups in total. The number of aliphatic hydroxyl groups excluding tert-OH is 1. The smallest absolute Gasteiger partial charge is 0.376 e. The number of aromatic nitrogens is 2. The molecule has 0 unspecified atom stereocenters. The van der Waals surface area contributed by atoms with Crippen molar-refractivity contribution < 1.29 is 24.2 Å². The van der Waals surface area contributed by atoms with Crippen molar-refractivity contribution >= 4 is 17.5 Å². The van der Waals surface area contributed by atoms with Crippen LogP contribution in [-0.2, 0) is 16.1 Å². The monoisotopic (exact) mass is 290 g/mol. The van der Waals surface area contributed by atoms with Crippen molar-refractivity contribution in [2.45, 2.75) is 6.54 Å². The Labute approximate surface area is 118 Å². The molecule has 0 aliphatic carbocycles. The van der Waals surface area contributed by atoms with Gasteiger partial charge in [0.15, 0.2) is 0 Å². The van der Waals surface area contributed by atoms with Gasteiger partial charge >= 0.3 is 5.97 Å². The number of carboxylic acid groups (broad SMARTS) is 1. The number of aliphatic hydroxyl groups is 1. The molecule has 0 saturated heterocycles. The third-order valence-corrected chi connectivity index (χ3v) is 2.67. The van der Waals surface area contributed by atoms with E-state index >= 15 is 0 Å². The highest BCUT2D eigenvalue weighted by Gasteiger charge is 2.12. The number of rotatable bonds is 5. The minimum atomic E-state index is -1.67. The summed E-state index contributed by atoms with van der Waals surface area (Å²) in [5.41, 5.74) is 0.443. The van der Waals surface area contributed by atoms with Crippen LogP contribution in [0.2, 0.25) is 0 Å². The van der Waals surface area contributed by atoms with Crippen LogP contribution in [-0.4, -0.2) is 31.7 Å². The minimum absolute atomic E-state index is 0.0286. The Morgan fingerprint density at radius 3 is 2.62 bits per heavy atom. The lowest BCUT2D eigenvalue weighted by Gasteiger charge is -2.03. The van der Waals surface area contributed by atoms with Crippen LogP contribution in [0.3, 0.4) is 0 Å².